The number of carbonyl (C=O) groups excluding carboxylic acids is 1. The second kappa shape index (κ2) is 6.81. The van der Waals surface area contributed by atoms with Crippen molar-refractivity contribution in [1.29, 1.82) is 5.26 Å². The smallest absolute Gasteiger partial charge is 0.256 e. The van der Waals surface area contributed by atoms with Crippen molar-refractivity contribution in [2.45, 2.75) is 26.0 Å². The number of nitrogens with zero attached hydrogens (tertiary/aromatic N) is 4. The first-order valence-electron chi connectivity index (χ1n) is 8.76. The van der Waals surface area contributed by atoms with Gasteiger partial charge < -0.3 is 15.4 Å². The Morgan fingerprint density at radius 2 is 2.18 bits per heavy atom. The van der Waals surface area contributed by atoms with Gasteiger partial charge in [0.25, 0.3) is 5.91 Å². The minimum absolute atomic E-state index is 0.0882. The molecule has 0 unspecified atom stereocenters. The fourth-order valence-corrected chi connectivity index (χ4v) is 3.21. The van der Waals surface area contributed by atoms with E-state index in [0.29, 0.717) is 28.3 Å². The van der Waals surface area contributed by atoms with E-state index in [1.165, 1.54) is 22.8 Å². The van der Waals surface area contributed by atoms with Gasteiger partial charge in [-0.3, -0.25) is 4.79 Å². The molecule has 2 bridgehead atoms. The number of hydrogen-bond acceptors (Lipinski definition) is 6. The summed E-state index contributed by atoms with van der Waals surface area (Å²) in [6.07, 6.45) is 2.72. The van der Waals surface area contributed by atoms with Crippen LogP contribution in [0.4, 0.5) is 10.2 Å². The zero-order valence-corrected chi connectivity index (χ0v) is 15.2. The lowest BCUT2D eigenvalue weighted by Gasteiger charge is -2.22. The summed E-state index contributed by atoms with van der Waals surface area (Å²) in [6, 6.07) is 5.83. The van der Waals surface area contributed by atoms with E-state index in [9.17, 15) is 14.4 Å². The number of halogens is 1. The first kappa shape index (κ1) is 17.7. The fourth-order valence-electron chi connectivity index (χ4n) is 3.21. The number of ether oxygens (including phenoxy) is 1. The molecular formula is C19H17FN6O2. The largest absolute Gasteiger partial charge is 0.488 e. The lowest BCUT2D eigenvalue weighted by atomic mass is 10.00. The first-order chi connectivity index (χ1) is 13.5. The van der Waals surface area contributed by atoms with Crippen LogP contribution in [0.1, 0.15) is 41.4 Å². The van der Waals surface area contributed by atoms with E-state index in [2.05, 4.69) is 20.7 Å². The molecular weight excluding hydrogens is 363 g/mol. The SMILES string of the molecule is C[C@H]1CNC(=O)c2cnn3ccc(nc23)N[C@H](C)c2c(ccc(F)c2C#N)O1. The van der Waals surface area contributed by atoms with Gasteiger partial charge in [-0.15, -0.1) is 0 Å². The molecule has 9 heteroatoms. The number of benzene rings is 1. The molecule has 0 spiro atoms. The third-order valence-corrected chi connectivity index (χ3v) is 4.56. The highest BCUT2D eigenvalue weighted by atomic mass is 19.1. The van der Waals surface area contributed by atoms with E-state index in [-0.39, 0.29) is 18.0 Å². The molecule has 2 N–H and O–H groups in total. The molecule has 0 saturated heterocycles. The third kappa shape index (κ3) is 2.99. The zero-order chi connectivity index (χ0) is 19.8. The van der Waals surface area contributed by atoms with Gasteiger partial charge in [0.05, 0.1) is 24.3 Å². The van der Waals surface area contributed by atoms with Crippen LogP contribution in [0, 0.1) is 17.1 Å². The number of rotatable bonds is 0. The zero-order valence-electron chi connectivity index (χ0n) is 15.2. The lowest BCUT2D eigenvalue weighted by Crippen LogP contribution is -2.33. The van der Waals surface area contributed by atoms with Gasteiger partial charge in [0.15, 0.2) is 5.65 Å². The van der Waals surface area contributed by atoms with Crippen LogP contribution in [-0.2, 0) is 0 Å². The summed E-state index contributed by atoms with van der Waals surface area (Å²) < 4.78 is 21.7. The summed E-state index contributed by atoms with van der Waals surface area (Å²) in [6.45, 7) is 3.79. The minimum Gasteiger partial charge on any atom is -0.488 e. The second-order valence-electron chi connectivity index (χ2n) is 6.59. The van der Waals surface area contributed by atoms with Gasteiger partial charge in [-0.2, -0.15) is 10.4 Å². The van der Waals surface area contributed by atoms with Crippen LogP contribution in [0.5, 0.6) is 5.75 Å². The first-order valence-corrected chi connectivity index (χ1v) is 8.76. The maximum absolute atomic E-state index is 14.3. The van der Waals surface area contributed by atoms with Crippen LogP contribution in [0.2, 0.25) is 0 Å². The molecule has 0 aliphatic carbocycles. The van der Waals surface area contributed by atoms with Gasteiger partial charge in [-0.25, -0.2) is 13.9 Å². The van der Waals surface area contributed by atoms with Crippen molar-refractivity contribution in [3.8, 4) is 11.8 Å². The van der Waals surface area contributed by atoms with E-state index in [4.69, 9.17) is 4.74 Å². The maximum Gasteiger partial charge on any atom is 0.256 e. The molecule has 1 aromatic carbocycles. The maximum atomic E-state index is 14.3. The molecule has 28 heavy (non-hydrogen) atoms. The van der Waals surface area contributed by atoms with Gasteiger partial charge in [0.2, 0.25) is 0 Å². The van der Waals surface area contributed by atoms with E-state index >= 15 is 0 Å². The van der Waals surface area contributed by atoms with Crippen LogP contribution in [0.25, 0.3) is 5.65 Å². The van der Waals surface area contributed by atoms with Crippen molar-refractivity contribution >= 4 is 17.4 Å². The van der Waals surface area contributed by atoms with Gasteiger partial charge >= 0.3 is 0 Å². The average molecular weight is 380 g/mol. The van der Waals surface area contributed by atoms with Crippen LogP contribution in [-0.4, -0.2) is 33.2 Å². The third-order valence-electron chi connectivity index (χ3n) is 4.56. The highest BCUT2D eigenvalue weighted by molar-refractivity contribution is 5.99. The molecule has 8 nitrogen and oxygen atoms in total. The minimum atomic E-state index is -0.620. The van der Waals surface area contributed by atoms with Crippen molar-refractivity contribution in [3.63, 3.8) is 0 Å². The average Bonchev–Trinajstić information content (AvgIpc) is 3.09. The van der Waals surface area contributed by atoms with Crippen molar-refractivity contribution < 1.29 is 13.9 Å². The Morgan fingerprint density at radius 1 is 1.36 bits per heavy atom. The number of carbonyl (C=O) groups is 1. The number of hydrogen-bond donors (Lipinski definition) is 2. The van der Waals surface area contributed by atoms with Crippen molar-refractivity contribution in [1.82, 2.24) is 19.9 Å². The Kier molecular flexibility index (Phi) is 4.31. The van der Waals surface area contributed by atoms with Crippen LogP contribution in [0.15, 0.2) is 30.6 Å². The summed E-state index contributed by atoms with van der Waals surface area (Å²) in [5.41, 5.74) is 1.04. The summed E-state index contributed by atoms with van der Waals surface area (Å²) in [4.78, 5) is 17.0. The topological polar surface area (TPSA) is 104 Å². The summed E-state index contributed by atoms with van der Waals surface area (Å²) in [7, 11) is 0. The molecule has 1 aliphatic heterocycles. The van der Waals surface area contributed by atoms with Gasteiger partial charge in [0.1, 0.15) is 35.1 Å². The van der Waals surface area contributed by atoms with Crippen molar-refractivity contribution in [2.75, 3.05) is 11.9 Å². The highest BCUT2D eigenvalue weighted by Crippen LogP contribution is 2.33. The Hall–Kier alpha value is -3.67. The van der Waals surface area contributed by atoms with E-state index in [0.717, 1.165) is 0 Å². The fraction of sp³-hybridized carbons (Fsp3) is 0.263. The normalized spacial score (nSPS) is 19.3. The molecule has 4 rings (SSSR count). The molecule has 1 aliphatic rings. The number of aromatic nitrogens is 3. The summed E-state index contributed by atoms with van der Waals surface area (Å²) >= 11 is 0. The highest BCUT2D eigenvalue weighted by Gasteiger charge is 2.23. The molecule has 1 amide bonds. The predicted octanol–water partition coefficient (Wildman–Crippen LogP) is 2.42. The molecule has 142 valence electrons. The van der Waals surface area contributed by atoms with Crippen LogP contribution < -0.4 is 15.4 Å². The molecule has 0 radical (unpaired) electrons. The van der Waals surface area contributed by atoms with Crippen LogP contribution >= 0.6 is 0 Å². The lowest BCUT2D eigenvalue weighted by molar-refractivity contribution is 0.0933. The molecule has 0 fully saturated rings. The number of amides is 1. The number of nitriles is 1. The summed E-state index contributed by atoms with van der Waals surface area (Å²) in [5.74, 6) is -0.103. The number of anilines is 1. The monoisotopic (exact) mass is 380 g/mol. The Labute approximate surface area is 159 Å². The van der Waals surface area contributed by atoms with Crippen molar-refractivity contribution in [2.24, 2.45) is 0 Å². The Bertz CT molecular complexity index is 1120. The summed E-state index contributed by atoms with van der Waals surface area (Å²) in [5, 5.41) is 19.6. The molecule has 0 saturated carbocycles. The number of nitrogens with one attached hydrogen (secondary N) is 2. The van der Waals surface area contributed by atoms with Gasteiger partial charge in [-0.05, 0) is 32.0 Å². The van der Waals surface area contributed by atoms with E-state index in [1.807, 2.05) is 6.07 Å². The second-order valence-corrected chi connectivity index (χ2v) is 6.59. The predicted molar refractivity (Wildman–Crippen MR) is 98.6 cm³/mol. The Morgan fingerprint density at radius 3 is 2.96 bits per heavy atom. The standard InChI is InChI=1S/C19H17FN6O2/c1-10-8-22-19(27)13-9-23-26-6-5-16(25-18(13)26)24-11(2)17-12(7-21)14(20)3-4-15(17)28-10/h3-6,9-11H,8H2,1-2H3,(H,22,27)(H,24,25)/t10-,11+/m0/s1. The van der Waals surface area contributed by atoms with Crippen LogP contribution in [0.3, 0.4) is 0 Å². The molecule has 3 heterocycles. The molecule has 3 aromatic rings. The quantitative estimate of drug-likeness (QED) is 0.621. The molecule has 2 atom stereocenters. The van der Waals surface area contributed by atoms with Crippen molar-refractivity contribution in [3.05, 3.63) is 53.1 Å². The Balaban J connectivity index is 1.87. The van der Waals surface area contributed by atoms with E-state index < -0.39 is 18.0 Å². The van der Waals surface area contributed by atoms with Gasteiger partial charge in [0, 0.05) is 11.8 Å². The van der Waals surface area contributed by atoms with E-state index in [1.54, 1.807) is 26.1 Å². The number of fused-ring (bicyclic) bond motifs is 2. The van der Waals surface area contributed by atoms with Gasteiger partial charge in [-0.1, -0.05) is 0 Å². The molecule has 2 aromatic heterocycles.